The monoisotopic (exact) mass is 936 g/mol. The summed E-state index contributed by atoms with van der Waals surface area (Å²) in [5.41, 5.74) is -1.17. The summed E-state index contributed by atoms with van der Waals surface area (Å²) >= 11 is 0. The molecule has 2 rings (SSSR count). The van der Waals surface area contributed by atoms with E-state index in [0.29, 0.717) is 4.74 Å². The number of ether oxygens (including phenoxy) is 2. The van der Waals surface area contributed by atoms with Crippen LogP contribution in [-0.2, 0) is 25.6 Å². The summed E-state index contributed by atoms with van der Waals surface area (Å²) in [5.74, 6) is -40.9. The molecular weight excluding hydrogens is 893 g/mol. The Hall–Kier alpha value is -3.68. The minimum Gasteiger partial charge on any atom is -0.394 e. The van der Waals surface area contributed by atoms with Crippen LogP contribution in [0, 0.1) is 0 Å². The average Bonchev–Trinajstić information content (AvgIpc) is 3.19. The fourth-order valence-corrected chi connectivity index (χ4v) is 5.22. The summed E-state index contributed by atoms with van der Waals surface area (Å²) in [6.07, 6.45) is -29.3. The molecule has 0 radical (unpaired) electrons. The molecule has 0 spiro atoms. The topological polar surface area (TPSA) is 262 Å². The van der Waals surface area contributed by atoms with Crippen LogP contribution < -0.4 is 10.6 Å². The van der Waals surface area contributed by atoms with Crippen molar-refractivity contribution in [2.24, 2.45) is 0 Å². The van der Waals surface area contributed by atoms with Crippen LogP contribution in [0.3, 0.4) is 0 Å². The van der Waals surface area contributed by atoms with Gasteiger partial charge in [0.05, 0.1) is 19.8 Å². The van der Waals surface area contributed by atoms with Crippen LogP contribution in [0.15, 0.2) is 24.3 Å². The Morgan fingerprint density at radius 1 is 0.806 bits per heavy atom. The predicted octanol–water partition coefficient (Wildman–Crippen LogP) is -0.203. The highest BCUT2D eigenvalue weighted by Crippen LogP contribution is 2.60. The second-order valence-corrected chi connectivity index (χ2v) is 14.5. The van der Waals surface area contributed by atoms with E-state index in [0.717, 1.165) is 6.21 Å². The summed E-state index contributed by atoms with van der Waals surface area (Å²) in [6, 6.07) is 5.27. The predicted molar refractivity (Wildman–Crippen MR) is 176 cm³/mol. The number of halogens is 13. The first kappa shape index (κ1) is 54.5. The van der Waals surface area contributed by atoms with Gasteiger partial charge in [0.25, 0.3) is 5.91 Å². The summed E-state index contributed by atoms with van der Waals surface area (Å²) in [4.78, 5) is 24.7. The number of rotatable bonds is 21. The maximum absolute atomic E-state index is 14.1. The van der Waals surface area contributed by atoms with Crippen LogP contribution in [0.2, 0.25) is 0 Å². The Morgan fingerprint density at radius 2 is 1.34 bits per heavy atom. The van der Waals surface area contributed by atoms with E-state index in [-0.39, 0.29) is 17.7 Å². The molecule has 0 aliphatic carbocycles. The van der Waals surface area contributed by atoms with Gasteiger partial charge >= 0.3 is 35.8 Å². The number of aliphatic hydroxyl groups is 8. The molecule has 358 valence electrons. The first-order valence-corrected chi connectivity index (χ1v) is 17.6. The molecule has 9 atom stereocenters. The minimum absolute atomic E-state index is 0.166. The molecule has 1 aromatic rings. The van der Waals surface area contributed by atoms with Gasteiger partial charge in [-0.2, -0.15) is 57.1 Å². The van der Waals surface area contributed by atoms with E-state index in [9.17, 15) is 113 Å². The lowest BCUT2D eigenvalue weighted by molar-refractivity contribution is -0.817. The van der Waals surface area contributed by atoms with Crippen LogP contribution in [0.1, 0.15) is 37.8 Å². The van der Waals surface area contributed by atoms with Crippen molar-refractivity contribution in [2.75, 3.05) is 19.8 Å². The van der Waals surface area contributed by atoms with Crippen LogP contribution in [0.5, 0.6) is 0 Å². The van der Waals surface area contributed by atoms with Crippen LogP contribution >= 0.6 is 0 Å². The van der Waals surface area contributed by atoms with Gasteiger partial charge in [-0.3, -0.25) is 14.8 Å². The summed E-state index contributed by atoms with van der Waals surface area (Å²) in [7, 11) is 0. The van der Waals surface area contributed by atoms with E-state index in [2.05, 4.69) is 5.32 Å². The van der Waals surface area contributed by atoms with E-state index in [1.54, 1.807) is 0 Å². The highest BCUT2D eigenvalue weighted by molar-refractivity contribution is 5.81. The zero-order valence-corrected chi connectivity index (χ0v) is 31.8. The zero-order valence-electron chi connectivity index (χ0n) is 31.8. The van der Waals surface area contributed by atoms with Gasteiger partial charge in [-0.15, -0.1) is 0 Å². The van der Waals surface area contributed by atoms with Crippen LogP contribution in [-0.4, -0.2) is 185 Å². The van der Waals surface area contributed by atoms with Gasteiger partial charge in [0.2, 0.25) is 17.7 Å². The Labute approximate surface area is 340 Å². The lowest BCUT2D eigenvalue weighted by Gasteiger charge is -2.42. The number of hydrogen-bond donors (Lipinski definition) is 11. The zero-order chi connectivity index (χ0) is 48.2. The molecule has 2 amide bonds. The number of hydroxylamine groups is 1. The number of nitrogens with zero attached hydrogens (tertiary/aromatic N) is 1. The number of carbonyl (C=O) groups is 2. The molecule has 1 aliphatic heterocycles. The molecule has 0 saturated carbocycles. The standard InChI is InChI=1S/C33H42F13N3O13/c1-27(2,13-48-18(53)7-8-28(34,35)29(36,37)30(38,39)31(40,41)32(42,43)33(44,45)46)49(60)10-15-5-3-14(4-6-15)9-47-25(59)22(57)21(56)24(16(52)11-50)62-26-23(58)20(55)19(54)17(12-51)61-26/h3-6,10,16-17,19-24,26,50-52,54-58H,7-9,11-13H2,1-2H3,(H2-,47,48,53,59,60)/p+1/t16?,17?,19-,20-,21-,22?,23?,24+,26-/m0/s1. The SMILES string of the molecule is CC(C)(CNC(=O)CCC(F)(F)C(F)(F)C(F)(F)C(F)(F)C(F)(F)C(F)(F)F)[N+](O)=Cc1ccc(CNC(=O)C(O)[C@H](O)[C@H](O[C@@H]2OC(CO)[C@H](O)[C@H](O)C2O)C(O)CO)cc1. The highest BCUT2D eigenvalue weighted by Gasteiger charge is 2.90. The first-order chi connectivity index (χ1) is 28.1. The van der Waals surface area contributed by atoms with Gasteiger partial charge in [-0.1, -0.05) is 12.1 Å². The number of aliphatic hydroxyl groups excluding tert-OH is 8. The normalized spacial score (nSPS) is 23.3. The molecule has 16 nitrogen and oxygen atoms in total. The van der Waals surface area contributed by atoms with Crippen molar-refractivity contribution in [1.82, 2.24) is 10.6 Å². The number of benzene rings is 1. The van der Waals surface area contributed by atoms with Crippen molar-refractivity contribution < 1.29 is 127 Å². The second kappa shape index (κ2) is 20.0. The maximum atomic E-state index is 14.1. The van der Waals surface area contributed by atoms with Gasteiger partial charge < -0.3 is 61.0 Å². The third-order valence-corrected chi connectivity index (χ3v) is 9.36. The molecule has 4 unspecified atom stereocenters. The molecule has 1 aliphatic rings. The number of amides is 2. The first-order valence-electron chi connectivity index (χ1n) is 17.6. The number of alkyl halides is 13. The minimum atomic E-state index is -8.08. The van der Waals surface area contributed by atoms with Gasteiger partial charge in [0.1, 0.15) is 42.7 Å². The number of nitrogens with one attached hydrogen (secondary N) is 2. The molecule has 1 aromatic carbocycles. The van der Waals surface area contributed by atoms with Gasteiger partial charge in [0.15, 0.2) is 12.4 Å². The van der Waals surface area contributed by atoms with E-state index >= 15 is 0 Å². The summed E-state index contributed by atoms with van der Waals surface area (Å²) < 4.78 is 184. The Balaban J connectivity index is 2.02. The molecule has 1 saturated heterocycles. The largest absolute Gasteiger partial charge is 0.460 e. The molecule has 1 fully saturated rings. The van der Waals surface area contributed by atoms with Crippen molar-refractivity contribution in [3.05, 3.63) is 35.4 Å². The lowest BCUT2D eigenvalue weighted by atomic mass is 9.92. The maximum Gasteiger partial charge on any atom is 0.460 e. The molecule has 11 N–H and O–H groups in total. The Kier molecular flexibility index (Phi) is 17.6. The fourth-order valence-electron chi connectivity index (χ4n) is 5.22. The van der Waals surface area contributed by atoms with Crippen molar-refractivity contribution in [3.8, 4) is 0 Å². The van der Waals surface area contributed by atoms with Crippen LogP contribution in [0.4, 0.5) is 57.1 Å². The number of carbonyl (C=O) groups excluding carboxylic acids is 2. The average molecular weight is 937 g/mol. The molecule has 1 heterocycles. The van der Waals surface area contributed by atoms with E-state index in [1.807, 2.05) is 5.32 Å². The quantitative estimate of drug-likeness (QED) is 0.0251. The summed E-state index contributed by atoms with van der Waals surface area (Å²) in [6.45, 7) is -0.779. The van der Waals surface area contributed by atoms with E-state index in [1.165, 1.54) is 38.1 Å². The lowest BCUT2D eigenvalue weighted by Crippen LogP contribution is -2.70. The van der Waals surface area contributed by atoms with Gasteiger partial charge in [0, 0.05) is 38.8 Å². The van der Waals surface area contributed by atoms with Crippen molar-refractivity contribution >= 4 is 18.0 Å². The van der Waals surface area contributed by atoms with Crippen molar-refractivity contribution in [2.45, 2.75) is 130 Å². The van der Waals surface area contributed by atoms with Crippen molar-refractivity contribution in [1.29, 1.82) is 0 Å². The molecule has 0 bridgehead atoms. The molecular formula is C33H43F13N3O13+. The number of hydrogen-bond acceptors (Lipinski definition) is 13. The third kappa shape index (κ3) is 11.5. The molecule has 29 heteroatoms. The van der Waals surface area contributed by atoms with Crippen LogP contribution in [0.25, 0.3) is 0 Å². The Bertz CT molecular complexity index is 1690. The Morgan fingerprint density at radius 3 is 1.84 bits per heavy atom. The van der Waals surface area contributed by atoms with E-state index < -0.39 is 141 Å². The smallest absolute Gasteiger partial charge is 0.394 e. The van der Waals surface area contributed by atoms with E-state index in [4.69, 9.17) is 9.47 Å². The van der Waals surface area contributed by atoms with Gasteiger partial charge in [-0.05, 0) is 22.4 Å². The third-order valence-electron chi connectivity index (χ3n) is 9.36. The molecule has 0 aromatic heterocycles. The molecule has 62 heavy (non-hydrogen) atoms. The summed E-state index contributed by atoms with van der Waals surface area (Å²) in [5, 5.41) is 94.7. The highest BCUT2D eigenvalue weighted by atomic mass is 19.4. The second-order valence-electron chi connectivity index (χ2n) is 14.5. The van der Waals surface area contributed by atoms with Crippen molar-refractivity contribution in [3.63, 3.8) is 0 Å². The fraction of sp³-hybridized carbons (Fsp3) is 0.727. The van der Waals surface area contributed by atoms with Gasteiger partial charge in [-0.25, -0.2) is 0 Å².